The molecule has 5 nitrogen and oxygen atoms in total. The van der Waals surface area contributed by atoms with Crippen molar-refractivity contribution in [3.05, 3.63) is 0 Å². The Kier molecular flexibility index (Phi) is 5.51. The molecular weight excluding hydrogens is 210 g/mol. The fourth-order valence-electron chi connectivity index (χ4n) is 0.884. The van der Waals surface area contributed by atoms with Crippen LogP contribution in [0.1, 0.15) is 40.5 Å². The molecule has 0 aromatic carbocycles. The average molecular weight is 227 g/mol. The van der Waals surface area contributed by atoms with Gasteiger partial charge >= 0.3 is 11.9 Å². The molecule has 0 fully saturated rings. The van der Waals surface area contributed by atoms with E-state index in [1.165, 1.54) is 13.8 Å². The summed E-state index contributed by atoms with van der Waals surface area (Å²) < 4.78 is 9.68. The van der Waals surface area contributed by atoms with Crippen LogP contribution >= 0.6 is 0 Å². The van der Waals surface area contributed by atoms with Crippen LogP contribution in [0.3, 0.4) is 0 Å². The zero-order chi connectivity index (χ0) is 12.8. The maximum atomic E-state index is 11.2. The van der Waals surface area contributed by atoms with Gasteiger partial charge in [-0.2, -0.15) is 5.26 Å². The largest absolute Gasteiger partial charge is 0.463 e. The van der Waals surface area contributed by atoms with Crippen LogP contribution in [0.25, 0.3) is 0 Å². The van der Waals surface area contributed by atoms with E-state index in [1.807, 2.05) is 6.07 Å². The predicted octanol–water partition coefficient (Wildman–Crippen LogP) is 1.56. The minimum atomic E-state index is -1.15. The highest BCUT2D eigenvalue weighted by molar-refractivity contribution is 5.78. The first-order valence-electron chi connectivity index (χ1n) is 5.09. The molecule has 0 aliphatic heterocycles. The minimum Gasteiger partial charge on any atom is -0.463 e. The van der Waals surface area contributed by atoms with Gasteiger partial charge in [0.2, 0.25) is 0 Å². The lowest BCUT2D eigenvalue weighted by molar-refractivity contribution is -0.157. The van der Waals surface area contributed by atoms with Gasteiger partial charge in [0, 0.05) is 0 Å². The summed E-state index contributed by atoms with van der Waals surface area (Å²) in [6.45, 7) is 6.43. The Morgan fingerprint density at radius 3 is 2.19 bits per heavy atom. The first kappa shape index (κ1) is 14.4. The zero-order valence-corrected chi connectivity index (χ0v) is 10.1. The second-order valence-corrected chi connectivity index (χ2v) is 4.13. The predicted molar refractivity (Wildman–Crippen MR) is 56.2 cm³/mol. The molecule has 0 N–H and O–H groups in total. The Morgan fingerprint density at radius 1 is 1.25 bits per heavy atom. The van der Waals surface area contributed by atoms with Crippen molar-refractivity contribution in [1.29, 1.82) is 5.26 Å². The zero-order valence-electron chi connectivity index (χ0n) is 10.1. The van der Waals surface area contributed by atoms with Gasteiger partial charge in [-0.25, -0.2) is 0 Å². The Bertz CT molecular complexity index is 302. The van der Waals surface area contributed by atoms with Crippen molar-refractivity contribution in [1.82, 2.24) is 0 Å². The molecular formula is C11H17NO4. The van der Waals surface area contributed by atoms with E-state index < -0.39 is 17.5 Å². The van der Waals surface area contributed by atoms with Crippen LogP contribution in [0.2, 0.25) is 0 Å². The first-order valence-corrected chi connectivity index (χ1v) is 5.09. The van der Waals surface area contributed by atoms with Crippen LogP contribution < -0.4 is 0 Å². The molecule has 0 aliphatic rings. The smallest absolute Gasteiger partial charge is 0.307 e. The Labute approximate surface area is 95.3 Å². The van der Waals surface area contributed by atoms with Crippen molar-refractivity contribution in [3.8, 4) is 6.07 Å². The third-order valence-electron chi connectivity index (χ3n) is 1.54. The summed E-state index contributed by atoms with van der Waals surface area (Å²) in [5.74, 6) is -1.02. The first-order chi connectivity index (χ1) is 7.26. The summed E-state index contributed by atoms with van der Waals surface area (Å²) in [5, 5.41) is 8.62. The van der Waals surface area contributed by atoms with Gasteiger partial charge in [-0.1, -0.05) is 0 Å². The lowest BCUT2D eigenvalue weighted by Crippen LogP contribution is -2.26. The van der Waals surface area contributed by atoms with Crippen molar-refractivity contribution in [2.45, 2.75) is 52.2 Å². The number of esters is 2. The van der Waals surface area contributed by atoms with Gasteiger partial charge in [-0.05, 0) is 27.7 Å². The van der Waals surface area contributed by atoms with Crippen LogP contribution in [-0.4, -0.2) is 23.6 Å². The normalized spacial score (nSPS) is 10.8. The van der Waals surface area contributed by atoms with Gasteiger partial charge in [-0.3, -0.25) is 9.59 Å². The van der Waals surface area contributed by atoms with Crippen molar-refractivity contribution >= 4 is 11.9 Å². The molecule has 0 amide bonds. The molecule has 0 radical (unpaired) electrons. The SMILES string of the molecule is CC(C)OC(=O)CCC(=O)OC(C)(C)C#N. The number of nitriles is 1. The third-order valence-corrected chi connectivity index (χ3v) is 1.54. The lowest BCUT2D eigenvalue weighted by atomic mass is 10.2. The standard InChI is InChI=1S/C11H17NO4/c1-8(2)15-9(13)5-6-10(14)16-11(3,4)7-12/h8H,5-6H2,1-4H3. The molecule has 0 rings (SSSR count). The number of rotatable bonds is 5. The highest BCUT2D eigenvalue weighted by Crippen LogP contribution is 2.09. The van der Waals surface area contributed by atoms with E-state index in [-0.39, 0.29) is 18.9 Å². The van der Waals surface area contributed by atoms with E-state index in [4.69, 9.17) is 14.7 Å². The fraction of sp³-hybridized carbons (Fsp3) is 0.727. The van der Waals surface area contributed by atoms with Crippen molar-refractivity contribution < 1.29 is 19.1 Å². The highest BCUT2D eigenvalue weighted by Gasteiger charge is 2.22. The molecule has 0 aromatic rings. The van der Waals surface area contributed by atoms with E-state index >= 15 is 0 Å². The summed E-state index contributed by atoms with van der Waals surface area (Å²) in [6, 6.07) is 1.83. The van der Waals surface area contributed by atoms with E-state index in [9.17, 15) is 9.59 Å². The summed E-state index contributed by atoms with van der Waals surface area (Å²) in [7, 11) is 0. The molecule has 90 valence electrons. The highest BCUT2D eigenvalue weighted by atomic mass is 16.6. The van der Waals surface area contributed by atoms with Gasteiger partial charge < -0.3 is 9.47 Å². The Hall–Kier alpha value is -1.57. The van der Waals surface area contributed by atoms with Gasteiger partial charge in [0.25, 0.3) is 0 Å². The van der Waals surface area contributed by atoms with E-state index in [2.05, 4.69) is 0 Å². The molecule has 0 heterocycles. The maximum Gasteiger partial charge on any atom is 0.307 e. The molecule has 0 atom stereocenters. The number of carbonyl (C=O) groups excluding carboxylic acids is 2. The van der Waals surface area contributed by atoms with Crippen LogP contribution in [0, 0.1) is 11.3 Å². The average Bonchev–Trinajstić information content (AvgIpc) is 2.13. The van der Waals surface area contributed by atoms with Crippen LogP contribution in [0.5, 0.6) is 0 Å². The third kappa shape index (κ3) is 6.82. The molecule has 0 aromatic heterocycles. The molecule has 0 saturated heterocycles. The lowest BCUT2D eigenvalue weighted by Gasteiger charge is -2.16. The molecule has 0 spiro atoms. The van der Waals surface area contributed by atoms with Crippen LogP contribution in [0.15, 0.2) is 0 Å². The molecule has 0 bridgehead atoms. The molecule has 0 saturated carbocycles. The topological polar surface area (TPSA) is 76.4 Å². The number of hydrogen-bond donors (Lipinski definition) is 0. The molecule has 5 heteroatoms. The number of carbonyl (C=O) groups is 2. The number of nitrogens with zero attached hydrogens (tertiary/aromatic N) is 1. The number of hydrogen-bond acceptors (Lipinski definition) is 5. The quantitative estimate of drug-likeness (QED) is 0.666. The molecule has 0 unspecified atom stereocenters. The molecule has 16 heavy (non-hydrogen) atoms. The second-order valence-electron chi connectivity index (χ2n) is 4.13. The van der Waals surface area contributed by atoms with Gasteiger partial charge in [0.15, 0.2) is 5.60 Å². The maximum absolute atomic E-state index is 11.2. The summed E-state index contributed by atoms with van der Waals surface area (Å²) in [6.07, 6.45) is -0.297. The summed E-state index contributed by atoms with van der Waals surface area (Å²) in [5.41, 5.74) is -1.15. The van der Waals surface area contributed by atoms with E-state index in [0.29, 0.717) is 0 Å². The van der Waals surface area contributed by atoms with Crippen LogP contribution in [0.4, 0.5) is 0 Å². The van der Waals surface area contributed by atoms with Gasteiger partial charge in [-0.15, -0.1) is 0 Å². The Balaban J connectivity index is 3.92. The van der Waals surface area contributed by atoms with Crippen LogP contribution in [-0.2, 0) is 19.1 Å². The van der Waals surface area contributed by atoms with E-state index in [0.717, 1.165) is 0 Å². The van der Waals surface area contributed by atoms with Crippen molar-refractivity contribution in [2.24, 2.45) is 0 Å². The minimum absolute atomic E-state index is 0.0292. The summed E-state index contributed by atoms with van der Waals surface area (Å²) in [4.78, 5) is 22.3. The Morgan fingerprint density at radius 2 is 1.75 bits per heavy atom. The van der Waals surface area contributed by atoms with Crippen molar-refractivity contribution in [3.63, 3.8) is 0 Å². The van der Waals surface area contributed by atoms with Gasteiger partial charge in [0.1, 0.15) is 6.07 Å². The number of ether oxygens (including phenoxy) is 2. The second kappa shape index (κ2) is 6.11. The molecule has 0 aliphatic carbocycles. The van der Waals surface area contributed by atoms with E-state index in [1.54, 1.807) is 13.8 Å². The monoisotopic (exact) mass is 227 g/mol. The summed E-state index contributed by atoms with van der Waals surface area (Å²) >= 11 is 0. The van der Waals surface area contributed by atoms with Crippen molar-refractivity contribution in [2.75, 3.05) is 0 Å². The fourth-order valence-corrected chi connectivity index (χ4v) is 0.884. The van der Waals surface area contributed by atoms with Gasteiger partial charge in [0.05, 0.1) is 18.9 Å².